The summed E-state index contributed by atoms with van der Waals surface area (Å²) in [4.78, 5) is 9.94. The van der Waals surface area contributed by atoms with Crippen LogP contribution >= 0.6 is 0 Å². The molecule has 0 fully saturated rings. The molecule has 0 aromatic heterocycles. The summed E-state index contributed by atoms with van der Waals surface area (Å²) in [6.07, 6.45) is 3.18. The molecule has 0 unspecified atom stereocenters. The maximum atomic E-state index is 9.94. The fraction of sp³-hybridized carbons (Fsp3) is 0.857. The van der Waals surface area contributed by atoms with Crippen LogP contribution in [-0.4, -0.2) is 24.3 Å². The lowest BCUT2D eigenvalue weighted by Gasteiger charge is -2.02. The number of hydrogen-bond acceptors (Lipinski definition) is 3. The molecule has 0 aliphatic rings. The Morgan fingerprint density at radius 1 is 1.25 bits per heavy atom. The number of carbonyl (C=O) groups is 1. The molecule has 0 aromatic carbocycles. The van der Waals surface area contributed by atoms with Crippen molar-refractivity contribution < 1.29 is 9.90 Å². The Bertz CT molecular complexity index is 119. The molecule has 0 heterocycles. The zero-order valence-corrected chi connectivity index (χ0v) is 7.18. The summed E-state index contributed by atoms with van der Waals surface area (Å²) in [5, 5.41) is 8.16. The fourth-order valence-corrected chi connectivity index (χ4v) is 0.849. The van der Waals surface area contributed by atoms with Gasteiger partial charge in [-0.25, -0.2) is 10.2 Å². The Kier molecular flexibility index (Phi) is 7.73. The van der Waals surface area contributed by atoms with Crippen LogP contribution in [0.15, 0.2) is 0 Å². The van der Waals surface area contributed by atoms with Gasteiger partial charge in [0.15, 0.2) is 0 Å². The van der Waals surface area contributed by atoms with Crippen molar-refractivity contribution in [3.8, 4) is 0 Å². The van der Waals surface area contributed by atoms with Crippen LogP contribution in [0.2, 0.25) is 0 Å². The van der Waals surface area contributed by atoms with Gasteiger partial charge in [-0.3, -0.25) is 5.43 Å². The predicted molar refractivity (Wildman–Crippen MR) is 46.7 cm³/mol. The highest BCUT2D eigenvalue weighted by Crippen LogP contribution is 1.96. The van der Waals surface area contributed by atoms with E-state index in [0.29, 0.717) is 6.54 Å². The largest absolute Gasteiger partial charge is 0.464 e. The van der Waals surface area contributed by atoms with E-state index in [9.17, 15) is 4.79 Å². The lowest BCUT2D eigenvalue weighted by molar-refractivity contribution is 0.189. The standard InChI is InChI=1S/C7H17N3O2/c8-5-3-1-2-4-6-9-10-7(11)12/h9-10H,1-6,8H2,(H,11,12). The third-order valence-corrected chi connectivity index (χ3v) is 1.45. The van der Waals surface area contributed by atoms with Gasteiger partial charge >= 0.3 is 6.09 Å². The van der Waals surface area contributed by atoms with Crippen molar-refractivity contribution in [2.75, 3.05) is 13.1 Å². The molecule has 0 radical (unpaired) electrons. The lowest BCUT2D eigenvalue weighted by Crippen LogP contribution is -2.36. The van der Waals surface area contributed by atoms with E-state index in [0.717, 1.165) is 32.2 Å². The van der Waals surface area contributed by atoms with Crippen LogP contribution < -0.4 is 16.6 Å². The molecular formula is C7H17N3O2. The Hall–Kier alpha value is -0.810. The molecule has 1 amide bonds. The highest BCUT2D eigenvalue weighted by Gasteiger charge is 1.91. The number of unbranched alkanes of at least 4 members (excludes halogenated alkanes) is 3. The summed E-state index contributed by atoms with van der Waals surface area (Å²) in [5.74, 6) is 0. The minimum Gasteiger partial charge on any atom is -0.464 e. The molecule has 0 spiro atoms. The van der Waals surface area contributed by atoms with E-state index in [-0.39, 0.29) is 0 Å². The predicted octanol–water partition coefficient (Wildman–Crippen LogP) is 0.278. The first-order valence-corrected chi connectivity index (χ1v) is 4.19. The van der Waals surface area contributed by atoms with E-state index in [1.807, 2.05) is 0 Å². The average Bonchev–Trinajstić information content (AvgIpc) is 2.02. The summed E-state index contributed by atoms with van der Waals surface area (Å²) >= 11 is 0. The van der Waals surface area contributed by atoms with Gasteiger partial charge in [0, 0.05) is 6.54 Å². The van der Waals surface area contributed by atoms with Crippen LogP contribution in [0.3, 0.4) is 0 Å². The van der Waals surface area contributed by atoms with Crippen LogP contribution in [0.5, 0.6) is 0 Å². The third-order valence-electron chi connectivity index (χ3n) is 1.45. The molecule has 0 saturated heterocycles. The van der Waals surface area contributed by atoms with Gasteiger partial charge in [0.25, 0.3) is 0 Å². The quantitative estimate of drug-likeness (QED) is 0.330. The number of nitrogens with one attached hydrogen (secondary N) is 2. The molecule has 12 heavy (non-hydrogen) atoms. The molecule has 0 bridgehead atoms. The molecule has 5 N–H and O–H groups in total. The van der Waals surface area contributed by atoms with Gasteiger partial charge in [0.2, 0.25) is 0 Å². The summed E-state index contributed by atoms with van der Waals surface area (Å²) in [6, 6.07) is 0. The number of hydrazine groups is 1. The number of rotatable bonds is 7. The first-order chi connectivity index (χ1) is 5.77. The van der Waals surface area contributed by atoms with Gasteiger partial charge in [0.05, 0.1) is 0 Å². The van der Waals surface area contributed by atoms with Gasteiger partial charge in [0.1, 0.15) is 0 Å². The van der Waals surface area contributed by atoms with E-state index in [2.05, 4.69) is 10.9 Å². The molecule has 0 aromatic rings. The van der Waals surface area contributed by atoms with Crippen molar-refractivity contribution in [3.05, 3.63) is 0 Å². The minimum atomic E-state index is -1.04. The molecule has 0 aliphatic heterocycles. The topological polar surface area (TPSA) is 87.4 Å². The SMILES string of the molecule is NCCCCCCNNC(=O)O. The highest BCUT2D eigenvalue weighted by molar-refractivity contribution is 5.63. The minimum absolute atomic E-state index is 0.677. The second-order valence-corrected chi connectivity index (χ2v) is 2.56. The van der Waals surface area contributed by atoms with E-state index < -0.39 is 6.09 Å². The molecular weight excluding hydrogens is 158 g/mol. The molecule has 5 heteroatoms. The zero-order chi connectivity index (χ0) is 9.23. The average molecular weight is 175 g/mol. The zero-order valence-electron chi connectivity index (χ0n) is 7.18. The lowest BCUT2D eigenvalue weighted by atomic mass is 10.2. The number of amides is 1. The van der Waals surface area contributed by atoms with Crippen molar-refractivity contribution in [3.63, 3.8) is 0 Å². The molecule has 72 valence electrons. The van der Waals surface area contributed by atoms with E-state index in [4.69, 9.17) is 10.8 Å². The fourth-order valence-electron chi connectivity index (χ4n) is 0.849. The second kappa shape index (κ2) is 8.29. The van der Waals surface area contributed by atoms with Gasteiger partial charge in [-0.05, 0) is 19.4 Å². The van der Waals surface area contributed by atoms with E-state index in [1.165, 1.54) is 0 Å². The van der Waals surface area contributed by atoms with Crippen molar-refractivity contribution in [1.29, 1.82) is 0 Å². The molecule has 0 aliphatic carbocycles. The van der Waals surface area contributed by atoms with Crippen LogP contribution in [-0.2, 0) is 0 Å². The Morgan fingerprint density at radius 3 is 2.50 bits per heavy atom. The van der Waals surface area contributed by atoms with Gasteiger partial charge < -0.3 is 10.8 Å². The molecule has 0 rings (SSSR count). The number of nitrogens with two attached hydrogens (primary N) is 1. The summed E-state index contributed by atoms with van der Waals surface area (Å²) < 4.78 is 0. The van der Waals surface area contributed by atoms with Crippen molar-refractivity contribution >= 4 is 6.09 Å². The Balaban J connectivity index is 2.86. The van der Waals surface area contributed by atoms with Crippen LogP contribution in [0, 0.1) is 0 Å². The first kappa shape index (κ1) is 11.2. The first-order valence-electron chi connectivity index (χ1n) is 4.19. The van der Waals surface area contributed by atoms with Crippen LogP contribution in [0.4, 0.5) is 4.79 Å². The van der Waals surface area contributed by atoms with Gasteiger partial charge in [-0.15, -0.1) is 0 Å². The summed E-state index contributed by atoms with van der Waals surface area (Å²) in [6.45, 7) is 1.41. The summed E-state index contributed by atoms with van der Waals surface area (Å²) in [7, 11) is 0. The second-order valence-electron chi connectivity index (χ2n) is 2.56. The van der Waals surface area contributed by atoms with Crippen molar-refractivity contribution in [2.24, 2.45) is 5.73 Å². The maximum Gasteiger partial charge on any atom is 0.419 e. The van der Waals surface area contributed by atoms with Crippen molar-refractivity contribution in [2.45, 2.75) is 25.7 Å². The van der Waals surface area contributed by atoms with E-state index >= 15 is 0 Å². The molecule has 0 saturated carbocycles. The van der Waals surface area contributed by atoms with E-state index in [1.54, 1.807) is 0 Å². The smallest absolute Gasteiger partial charge is 0.419 e. The number of carboxylic acid groups (broad SMARTS) is 1. The summed E-state index contributed by atoms with van der Waals surface area (Å²) in [5.41, 5.74) is 9.96. The monoisotopic (exact) mass is 175 g/mol. The number of hydrogen-bond donors (Lipinski definition) is 4. The Labute approximate surface area is 72.3 Å². The van der Waals surface area contributed by atoms with Gasteiger partial charge in [-0.2, -0.15) is 0 Å². The van der Waals surface area contributed by atoms with Crippen LogP contribution in [0.1, 0.15) is 25.7 Å². The van der Waals surface area contributed by atoms with Crippen molar-refractivity contribution in [1.82, 2.24) is 10.9 Å². The maximum absolute atomic E-state index is 9.94. The third kappa shape index (κ3) is 9.19. The van der Waals surface area contributed by atoms with Gasteiger partial charge in [-0.1, -0.05) is 12.8 Å². The Morgan fingerprint density at radius 2 is 1.92 bits per heavy atom. The molecule has 0 atom stereocenters. The highest BCUT2D eigenvalue weighted by atomic mass is 16.4. The normalized spacial score (nSPS) is 9.75. The van der Waals surface area contributed by atoms with Crippen LogP contribution in [0.25, 0.3) is 0 Å². The molecule has 5 nitrogen and oxygen atoms in total.